The topological polar surface area (TPSA) is 15.3 Å². The molecule has 2 fully saturated rings. The fourth-order valence-electron chi connectivity index (χ4n) is 3.93. The molecular formula is C15H30N2. The Morgan fingerprint density at radius 2 is 2.00 bits per heavy atom. The molecule has 2 heteroatoms. The molecule has 100 valence electrons. The number of nitrogens with zero attached hydrogens (tertiary/aromatic N) is 1. The normalized spacial score (nSPS) is 35.3. The lowest BCUT2D eigenvalue weighted by Crippen LogP contribution is -2.46. The van der Waals surface area contributed by atoms with Crippen LogP contribution in [0.25, 0.3) is 0 Å². The molecule has 1 N–H and O–H groups in total. The summed E-state index contributed by atoms with van der Waals surface area (Å²) in [6, 6.07) is 0. The van der Waals surface area contributed by atoms with Crippen molar-refractivity contribution in [1.82, 2.24) is 10.2 Å². The smallest absolute Gasteiger partial charge is 0.00502 e. The van der Waals surface area contributed by atoms with Crippen molar-refractivity contribution in [3.8, 4) is 0 Å². The maximum atomic E-state index is 3.63. The summed E-state index contributed by atoms with van der Waals surface area (Å²) in [6.45, 7) is 11.1. The molecule has 2 nitrogen and oxygen atoms in total. The summed E-state index contributed by atoms with van der Waals surface area (Å²) < 4.78 is 0. The van der Waals surface area contributed by atoms with Gasteiger partial charge in [0.25, 0.3) is 0 Å². The Kier molecular flexibility index (Phi) is 4.87. The van der Waals surface area contributed by atoms with Crippen LogP contribution in [-0.4, -0.2) is 37.6 Å². The maximum absolute atomic E-state index is 3.63. The molecule has 0 aromatic rings. The second kappa shape index (κ2) is 6.19. The molecule has 2 rings (SSSR count). The quantitative estimate of drug-likeness (QED) is 0.792. The van der Waals surface area contributed by atoms with Crippen LogP contribution in [0, 0.1) is 11.3 Å². The van der Waals surface area contributed by atoms with Crippen LogP contribution in [0.4, 0.5) is 0 Å². The van der Waals surface area contributed by atoms with Crippen LogP contribution >= 0.6 is 0 Å². The number of hydrogen-bond acceptors (Lipinski definition) is 2. The minimum absolute atomic E-state index is 0.581. The highest BCUT2D eigenvalue weighted by Gasteiger charge is 2.36. The van der Waals surface area contributed by atoms with Crippen LogP contribution in [0.3, 0.4) is 0 Å². The van der Waals surface area contributed by atoms with Gasteiger partial charge in [0.15, 0.2) is 0 Å². The minimum atomic E-state index is 0.581. The van der Waals surface area contributed by atoms with E-state index in [1.165, 1.54) is 64.7 Å². The molecule has 17 heavy (non-hydrogen) atoms. The zero-order valence-corrected chi connectivity index (χ0v) is 11.8. The van der Waals surface area contributed by atoms with Gasteiger partial charge >= 0.3 is 0 Å². The monoisotopic (exact) mass is 238 g/mol. The summed E-state index contributed by atoms with van der Waals surface area (Å²) in [4.78, 5) is 2.72. The van der Waals surface area contributed by atoms with E-state index in [-0.39, 0.29) is 0 Å². The van der Waals surface area contributed by atoms with E-state index in [1.54, 1.807) is 0 Å². The van der Waals surface area contributed by atoms with Gasteiger partial charge in [0, 0.05) is 13.1 Å². The van der Waals surface area contributed by atoms with Crippen LogP contribution < -0.4 is 5.32 Å². The first kappa shape index (κ1) is 13.4. The van der Waals surface area contributed by atoms with Crippen molar-refractivity contribution >= 4 is 0 Å². The lowest BCUT2D eigenvalue weighted by atomic mass is 9.69. The molecule has 0 aromatic carbocycles. The Balaban J connectivity index is 1.94. The highest BCUT2D eigenvalue weighted by Crippen LogP contribution is 2.40. The molecule has 1 heterocycles. The Hall–Kier alpha value is -0.0800. The van der Waals surface area contributed by atoms with E-state index in [9.17, 15) is 0 Å². The molecule has 1 aliphatic heterocycles. The van der Waals surface area contributed by atoms with Crippen LogP contribution in [0.15, 0.2) is 0 Å². The Morgan fingerprint density at radius 1 is 1.24 bits per heavy atom. The molecule has 0 aromatic heterocycles. The summed E-state index contributed by atoms with van der Waals surface area (Å²) >= 11 is 0. The van der Waals surface area contributed by atoms with Crippen LogP contribution in [0.5, 0.6) is 0 Å². The van der Waals surface area contributed by atoms with Gasteiger partial charge in [-0.3, -0.25) is 0 Å². The van der Waals surface area contributed by atoms with Gasteiger partial charge in [-0.15, -0.1) is 0 Å². The molecule has 1 aliphatic carbocycles. The van der Waals surface area contributed by atoms with E-state index in [0.717, 1.165) is 12.5 Å². The first-order valence-electron chi connectivity index (χ1n) is 7.67. The fraction of sp³-hybridized carbons (Fsp3) is 1.00. The first-order valence-corrected chi connectivity index (χ1v) is 7.67. The van der Waals surface area contributed by atoms with Gasteiger partial charge < -0.3 is 10.2 Å². The van der Waals surface area contributed by atoms with Gasteiger partial charge in [0.05, 0.1) is 0 Å². The predicted molar refractivity (Wildman–Crippen MR) is 74.3 cm³/mol. The van der Waals surface area contributed by atoms with Crippen LogP contribution in [-0.2, 0) is 0 Å². The Labute approximate surface area is 107 Å². The molecule has 0 spiro atoms. The highest BCUT2D eigenvalue weighted by atomic mass is 15.1. The van der Waals surface area contributed by atoms with Gasteiger partial charge in [-0.25, -0.2) is 0 Å². The van der Waals surface area contributed by atoms with Crippen molar-refractivity contribution in [1.29, 1.82) is 0 Å². The second-order valence-electron chi connectivity index (χ2n) is 6.47. The lowest BCUT2D eigenvalue weighted by molar-refractivity contribution is 0.0917. The van der Waals surface area contributed by atoms with Gasteiger partial charge in [-0.1, -0.05) is 26.7 Å². The Bertz CT molecular complexity index is 223. The summed E-state index contributed by atoms with van der Waals surface area (Å²) in [5, 5.41) is 3.63. The summed E-state index contributed by atoms with van der Waals surface area (Å²) in [7, 11) is 0. The standard InChI is InChI=1S/C15H30N2/c1-3-16-12-15(8-6-7-14(2)11-15)13-17-9-4-5-10-17/h14,16H,3-13H2,1-2H3. The Morgan fingerprint density at radius 3 is 2.65 bits per heavy atom. The van der Waals surface area contributed by atoms with E-state index in [1.807, 2.05) is 0 Å². The average Bonchev–Trinajstić information content (AvgIpc) is 2.79. The SMILES string of the molecule is CCNCC1(CN2CCCC2)CCCC(C)C1. The number of rotatable bonds is 5. The molecule has 2 aliphatic rings. The van der Waals surface area contributed by atoms with Crippen molar-refractivity contribution in [2.45, 2.75) is 52.4 Å². The third kappa shape index (κ3) is 3.69. The zero-order valence-electron chi connectivity index (χ0n) is 11.8. The zero-order chi connectivity index (χ0) is 12.1. The number of likely N-dealkylation sites (tertiary alicyclic amines) is 1. The molecule has 0 bridgehead atoms. The second-order valence-corrected chi connectivity index (χ2v) is 6.47. The third-order valence-electron chi connectivity index (χ3n) is 4.69. The van der Waals surface area contributed by atoms with E-state index in [4.69, 9.17) is 0 Å². The van der Waals surface area contributed by atoms with Gasteiger partial charge in [-0.2, -0.15) is 0 Å². The third-order valence-corrected chi connectivity index (χ3v) is 4.69. The van der Waals surface area contributed by atoms with Gasteiger partial charge in [0.1, 0.15) is 0 Å². The number of nitrogens with one attached hydrogen (secondary N) is 1. The van der Waals surface area contributed by atoms with Crippen LogP contribution in [0.2, 0.25) is 0 Å². The van der Waals surface area contributed by atoms with Crippen molar-refractivity contribution < 1.29 is 0 Å². The van der Waals surface area contributed by atoms with E-state index < -0.39 is 0 Å². The highest BCUT2D eigenvalue weighted by molar-refractivity contribution is 4.90. The van der Waals surface area contributed by atoms with Crippen molar-refractivity contribution in [2.75, 3.05) is 32.7 Å². The van der Waals surface area contributed by atoms with Gasteiger partial charge in [0.2, 0.25) is 0 Å². The minimum Gasteiger partial charge on any atom is -0.316 e. The molecular weight excluding hydrogens is 208 g/mol. The van der Waals surface area contributed by atoms with E-state index in [2.05, 4.69) is 24.1 Å². The maximum Gasteiger partial charge on any atom is 0.00502 e. The predicted octanol–water partition coefficient (Wildman–Crippen LogP) is 2.89. The molecule has 0 radical (unpaired) electrons. The number of hydrogen-bond donors (Lipinski definition) is 1. The van der Waals surface area contributed by atoms with Crippen molar-refractivity contribution in [3.05, 3.63) is 0 Å². The summed E-state index contributed by atoms with van der Waals surface area (Å²) in [5.74, 6) is 0.935. The van der Waals surface area contributed by atoms with E-state index in [0.29, 0.717) is 5.41 Å². The average molecular weight is 238 g/mol. The lowest BCUT2D eigenvalue weighted by Gasteiger charge is -2.43. The molecule has 0 amide bonds. The molecule has 2 atom stereocenters. The molecule has 1 saturated heterocycles. The van der Waals surface area contributed by atoms with Crippen LogP contribution in [0.1, 0.15) is 52.4 Å². The molecule has 2 unspecified atom stereocenters. The van der Waals surface area contributed by atoms with Crippen molar-refractivity contribution in [2.24, 2.45) is 11.3 Å². The fourth-order valence-corrected chi connectivity index (χ4v) is 3.93. The summed E-state index contributed by atoms with van der Waals surface area (Å²) in [6.07, 6.45) is 8.63. The van der Waals surface area contributed by atoms with Gasteiger partial charge in [-0.05, 0) is 56.7 Å². The largest absolute Gasteiger partial charge is 0.316 e. The van der Waals surface area contributed by atoms with Crippen molar-refractivity contribution in [3.63, 3.8) is 0 Å². The molecule has 1 saturated carbocycles. The van der Waals surface area contributed by atoms with E-state index >= 15 is 0 Å². The summed E-state index contributed by atoms with van der Waals surface area (Å²) in [5.41, 5.74) is 0.581. The first-order chi connectivity index (χ1) is 8.24.